The van der Waals surface area contributed by atoms with E-state index < -0.39 is 5.41 Å². The van der Waals surface area contributed by atoms with Gasteiger partial charge in [0.15, 0.2) is 5.78 Å². The first-order valence-corrected chi connectivity index (χ1v) is 9.29. The van der Waals surface area contributed by atoms with Gasteiger partial charge in [-0.05, 0) is 35.3 Å². The Morgan fingerprint density at radius 1 is 0.885 bits per heavy atom. The monoisotopic (exact) mass is 336 g/mol. The maximum atomic E-state index is 13.5. The summed E-state index contributed by atoms with van der Waals surface area (Å²) in [5.74, 6) is 4.57. The predicted molar refractivity (Wildman–Crippen MR) is 103 cm³/mol. The van der Waals surface area contributed by atoms with Crippen LogP contribution in [-0.4, -0.2) is 5.78 Å². The fourth-order valence-electron chi connectivity index (χ4n) is 5.32. The molecule has 0 heterocycles. The lowest BCUT2D eigenvalue weighted by Gasteiger charge is -2.31. The van der Waals surface area contributed by atoms with E-state index in [0.29, 0.717) is 17.8 Å². The first kappa shape index (κ1) is 15.4. The van der Waals surface area contributed by atoms with Crippen LogP contribution in [0, 0.1) is 36.0 Å². The SMILES string of the molecule is C#CC(C1=C[C@@H]2[C@H](C1=O)[C@H]1C=C[C@@H]2C1)(c1ccccc1)c1ccccc1. The van der Waals surface area contributed by atoms with Gasteiger partial charge < -0.3 is 0 Å². The second kappa shape index (κ2) is 5.58. The molecule has 0 amide bonds. The largest absolute Gasteiger partial charge is 0.294 e. The summed E-state index contributed by atoms with van der Waals surface area (Å²) in [6.45, 7) is 0. The zero-order chi connectivity index (χ0) is 17.7. The van der Waals surface area contributed by atoms with Gasteiger partial charge in [0.25, 0.3) is 0 Å². The molecule has 2 bridgehead atoms. The highest BCUT2D eigenvalue weighted by molar-refractivity contribution is 6.05. The molecule has 0 saturated heterocycles. The Kier molecular flexibility index (Phi) is 3.31. The van der Waals surface area contributed by atoms with Gasteiger partial charge in [-0.2, -0.15) is 0 Å². The van der Waals surface area contributed by atoms with Gasteiger partial charge in [-0.3, -0.25) is 4.79 Å². The Hall–Kier alpha value is -2.85. The summed E-state index contributed by atoms with van der Waals surface area (Å²) in [6.07, 6.45) is 14.0. The highest BCUT2D eigenvalue weighted by Gasteiger charge is 2.55. The number of carbonyl (C=O) groups excluding carboxylic acids is 1. The van der Waals surface area contributed by atoms with Crippen molar-refractivity contribution in [1.82, 2.24) is 0 Å². The van der Waals surface area contributed by atoms with Crippen molar-refractivity contribution in [2.45, 2.75) is 11.8 Å². The van der Waals surface area contributed by atoms with E-state index >= 15 is 0 Å². The molecule has 5 rings (SSSR count). The van der Waals surface area contributed by atoms with E-state index in [-0.39, 0.29) is 11.7 Å². The van der Waals surface area contributed by atoms with E-state index in [1.165, 1.54) is 0 Å². The highest BCUT2D eigenvalue weighted by Crippen LogP contribution is 2.56. The summed E-state index contributed by atoms with van der Waals surface area (Å²) in [5, 5.41) is 0. The molecule has 2 aromatic carbocycles. The van der Waals surface area contributed by atoms with Crippen LogP contribution in [-0.2, 0) is 10.2 Å². The fraction of sp³-hybridized carbons (Fsp3) is 0.240. The minimum atomic E-state index is -0.816. The quantitative estimate of drug-likeness (QED) is 0.593. The number of fused-ring (bicyclic) bond motifs is 5. The van der Waals surface area contributed by atoms with Gasteiger partial charge in [-0.1, -0.05) is 84.8 Å². The third kappa shape index (κ3) is 1.90. The molecule has 0 N–H and O–H groups in total. The Bertz CT molecular complexity index is 919. The molecule has 1 saturated carbocycles. The third-order valence-electron chi connectivity index (χ3n) is 6.48. The van der Waals surface area contributed by atoms with Crippen LogP contribution in [0.2, 0.25) is 0 Å². The number of allylic oxidation sites excluding steroid dienone is 4. The molecule has 26 heavy (non-hydrogen) atoms. The second-order valence-electron chi connectivity index (χ2n) is 7.62. The minimum Gasteiger partial charge on any atom is -0.294 e. The van der Waals surface area contributed by atoms with Crippen molar-refractivity contribution in [2.24, 2.45) is 23.7 Å². The van der Waals surface area contributed by atoms with Crippen LogP contribution in [0.15, 0.2) is 84.5 Å². The van der Waals surface area contributed by atoms with Crippen molar-refractivity contribution in [3.63, 3.8) is 0 Å². The highest BCUT2D eigenvalue weighted by atomic mass is 16.1. The van der Waals surface area contributed by atoms with Gasteiger partial charge in [0, 0.05) is 11.5 Å². The average Bonchev–Trinajstić information content (AvgIpc) is 3.39. The molecule has 0 radical (unpaired) electrons. The van der Waals surface area contributed by atoms with E-state index in [0.717, 1.165) is 23.1 Å². The maximum absolute atomic E-state index is 13.5. The predicted octanol–water partition coefficient (Wildman–Crippen LogP) is 4.55. The molecule has 3 aliphatic rings. The molecule has 0 unspecified atom stereocenters. The summed E-state index contributed by atoms with van der Waals surface area (Å²) in [5.41, 5.74) is 1.97. The second-order valence-corrected chi connectivity index (χ2v) is 7.62. The topological polar surface area (TPSA) is 17.1 Å². The van der Waals surface area contributed by atoms with Gasteiger partial charge in [0.05, 0.1) is 0 Å². The smallest absolute Gasteiger partial charge is 0.165 e. The number of hydrogen-bond donors (Lipinski definition) is 0. The molecule has 1 nitrogen and oxygen atoms in total. The molecule has 1 fully saturated rings. The maximum Gasteiger partial charge on any atom is 0.165 e. The van der Waals surface area contributed by atoms with Crippen LogP contribution < -0.4 is 0 Å². The van der Waals surface area contributed by atoms with E-state index in [1.807, 2.05) is 60.7 Å². The number of Topliss-reactive ketones (excluding diaryl/α,β-unsaturated/α-hetero) is 1. The minimum absolute atomic E-state index is 0.0835. The number of hydrogen-bond acceptors (Lipinski definition) is 1. The molecular formula is C25H20O. The molecule has 1 heteroatoms. The Labute approximate surface area is 154 Å². The molecule has 126 valence electrons. The normalized spacial score (nSPS) is 28.7. The van der Waals surface area contributed by atoms with Crippen LogP contribution in [0.4, 0.5) is 0 Å². The van der Waals surface area contributed by atoms with E-state index in [1.54, 1.807) is 0 Å². The van der Waals surface area contributed by atoms with E-state index in [9.17, 15) is 4.79 Å². The van der Waals surface area contributed by atoms with Gasteiger partial charge in [0.1, 0.15) is 5.41 Å². The van der Waals surface area contributed by atoms with Crippen LogP contribution in [0.25, 0.3) is 0 Å². The fourth-order valence-corrected chi connectivity index (χ4v) is 5.32. The van der Waals surface area contributed by atoms with E-state index in [2.05, 4.69) is 24.1 Å². The lowest BCUT2D eigenvalue weighted by Crippen LogP contribution is -2.33. The van der Waals surface area contributed by atoms with E-state index in [4.69, 9.17) is 6.42 Å². The third-order valence-corrected chi connectivity index (χ3v) is 6.48. The lowest BCUT2D eigenvalue weighted by atomic mass is 9.68. The number of benzene rings is 2. The van der Waals surface area contributed by atoms with Crippen molar-refractivity contribution in [2.75, 3.05) is 0 Å². The molecule has 2 aromatic rings. The van der Waals surface area contributed by atoms with Gasteiger partial charge in [0.2, 0.25) is 0 Å². The number of carbonyl (C=O) groups is 1. The number of ketones is 1. The van der Waals surface area contributed by atoms with Crippen molar-refractivity contribution in [1.29, 1.82) is 0 Å². The summed E-state index contributed by atoms with van der Waals surface area (Å²) in [6, 6.07) is 20.1. The van der Waals surface area contributed by atoms with Gasteiger partial charge in [-0.25, -0.2) is 0 Å². The summed E-state index contributed by atoms with van der Waals surface area (Å²) in [4.78, 5) is 13.5. The van der Waals surface area contributed by atoms with Crippen molar-refractivity contribution in [3.05, 3.63) is 95.6 Å². The summed E-state index contributed by atoms with van der Waals surface area (Å²) < 4.78 is 0. The molecule has 0 aliphatic heterocycles. The standard InChI is InChI=1S/C25H20O/c1-2-25(19-9-5-3-6-10-19,20-11-7-4-8-12-20)22-16-21-17-13-14-18(15-17)23(21)24(22)26/h1,3-14,16-18,21,23H,15H2/t17-,18+,21+,23-/m1/s1. The van der Waals surface area contributed by atoms with Crippen molar-refractivity contribution >= 4 is 5.78 Å². The first-order chi connectivity index (χ1) is 12.8. The van der Waals surface area contributed by atoms with Crippen molar-refractivity contribution in [3.8, 4) is 12.3 Å². The van der Waals surface area contributed by atoms with Crippen LogP contribution in [0.1, 0.15) is 17.5 Å². The molecular weight excluding hydrogens is 316 g/mol. The summed E-state index contributed by atoms with van der Waals surface area (Å²) >= 11 is 0. The number of rotatable bonds is 3. The zero-order valence-corrected chi connectivity index (χ0v) is 14.5. The van der Waals surface area contributed by atoms with Crippen LogP contribution in [0.3, 0.4) is 0 Å². The Morgan fingerprint density at radius 2 is 1.46 bits per heavy atom. The molecule has 0 aromatic heterocycles. The van der Waals surface area contributed by atoms with Gasteiger partial charge in [-0.15, -0.1) is 6.42 Å². The lowest BCUT2D eigenvalue weighted by molar-refractivity contribution is -0.120. The first-order valence-electron chi connectivity index (χ1n) is 9.29. The molecule has 4 atom stereocenters. The summed E-state index contributed by atoms with van der Waals surface area (Å²) in [7, 11) is 0. The Morgan fingerprint density at radius 3 is 2.00 bits per heavy atom. The average molecular weight is 336 g/mol. The van der Waals surface area contributed by atoms with Crippen LogP contribution in [0.5, 0.6) is 0 Å². The molecule has 3 aliphatic carbocycles. The Balaban J connectivity index is 1.73. The van der Waals surface area contributed by atoms with Crippen LogP contribution >= 0.6 is 0 Å². The van der Waals surface area contributed by atoms with Gasteiger partial charge >= 0.3 is 0 Å². The molecule has 0 spiro atoms. The van der Waals surface area contributed by atoms with Crippen molar-refractivity contribution < 1.29 is 4.79 Å². The zero-order valence-electron chi connectivity index (χ0n) is 14.5. The number of terminal acetylenes is 1.